The summed E-state index contributed by atoms with van der Waals surface area (Å²) in [5.74, 6) is 0.618. The van der Waals surface area contributed by atoms with Gasteiger partial charge in [0.05, 0.1) is 13.7 Å². The number of methoxy groups -OCH3 is 1. The van der Waals surface area contributed by atoms with E-state index >= 15 is 0 Å². The van der Waals surface area contributed by atoms with E-state index in [9.17, 15) is 0 Å². The van der Waals surface area contributed by atoms with E-state index in [-0.39, 0.29) is 12.6 Å². The molecule has 0 aliphatic rings. The lowest BCUT2D eigenvalue weighted by Gasteiger charge is -2.13. The first kappa shape index (κ1) is 11.9. The number of ether oxygens (including phenoxy) is 1. The number of aliphatic hydroxyl groups is 1. The molecular weight excluding hydrogens is 192 g/mol. The van der Waals surface area contributed by atoms with Gasteiger partial charge in [0.15, 0.2) is 0 Å². The maximum Gasteiger partial charge on any atom is 0.212 e. The van der Waals surface area contributed by atoms with E-state index < -0.39 is 0 Å². The minimum absolute atomic E-state index is 0.159. The fourth-order valence-corrected chi connectivity index (χ4v) is 1.24. The van der Waals surface area contributed by atoms with Crippen LogP contribution < -0.4 is 10.1 Å². The van der Waals surface area contributed by atoms with E-state index in [1.54, 1.807) is 13.3 Å². The Balaban J connectivity index is 2.43. The average molecular weight is 210 g/mol. The van der Waals surface area contributed by atoms with Gasteiger partial charge in [-0.15, -0.1) is 0 Å². The predicted molar refractivity (Wildman–Crippen MR) is 58.8 cm³/mol. The largest absolute Gasteiger partial charge is 0.481 e. The van der Waals surface area contributed by atoms with E-state index in [1.165, 1.54) is 0 Å². The Morgan fingerprint density at radius 2 is 2.33 bits per heavy atom. The normalized spacial score (nSPS) is 12.5. The molecule has 1 aromatic rings. The zero-order valence-electron chi connectivity index (χ0n) is 9.23. The third-order valence-corrected chi connectivity index (χ3v) is 2.31. The van der Waals surface area contributed by atoms with Crippen LogP contribution in [0.3, 0.4) is 0 Å². The molecule has 0 saturated heterocycles. The van der Waals surface area contributed by atoms with Crippen molar-refractivity contribution in [3.05, 3.63) is 23.9 Å². The number of hydrogen-bond acceptors (Lipinski definition) is 4. The molecule has 84 valence electrons. The third-order valence-electron chi connectivity index (χ3n) is 2.31. The highest BCUT2D eigenvalue weighted by molar-refractivity contribution is 5.17. The second-order valence-electron chi connectivity index (χ2n) is 3.38. The summed E-state index contributed by atoms with van der Waals surface area (Å²) in [5, 5.41) is 12.2. The molecule has 4 heteroatoms. The fourth-order valence-electron chi connectivity index (χ4n) is 1.24. The Morgan fingerprint density at radius 3 is 2.80 bits per heavy atom. The van der Waals surface area contributed by atoms with E-state index in [1.807, 2.05) is 19.1 Å². The molecule has 1 atom stereocenters. The van der Waals surface area contributed by atoms with Crippen molar-refractivity contribution < 1.29 is 9.84 Å². The van der Waals surface area contributed by atoms with Crippen molar-refractivity contribution in [3.63, 3.8) is 0 Å². The van der Waals surface area contributed by atoms with Crippen LogP contribution in [0.4, 0.5) is 0 Å². The lowest BCUT2D eigenvalue weighted by atomic mass is 10.2. The molecule has 15 heavy (non-hydrogen) atoms. The van der Waals surface area contributed by atoms with Crippen LogP contribution in [-0.4, -0.2) is 29.8 Å². The third kappa shape index (κ3) is 3.85. The Labute approximate surface area is 90.3 Å². The molecule has 0 saturated carbocycles. The molecule has 0 fully saturated rings. The minimum Gasteiger partial charge on any atom is -0.481 e. The lowest BCUT2D eigenvalue weighted by Crippen LogP contribution is -2.31. The van der Waals surface area contributed by atoms with Crippen LogP contribution >= 0.6 is 0 Å². The highest BCUT2D eigenvalue weighted by Gasteiger charge is 2.03. The Morgan fingerprint density at radius 1 is 1.53 bits per heavy atom. The van der Waals surface area contributed by atoms with Gasteiger partial charge in [-0.25, -0.2) is 4.98 Å². The van der Waals surface area contributed by atoms with Crippen LogP contribution in [0, 0.1) is 0 Å². The van der Waals surface area contributed by atoms with Crippen molar-refractivity contribution in [1.29, 1.82) is 0 Å². The van der Waals surface area contributed by atoms with Gasteiger partial charge in [0.1, 0.15) is 0 Å². The van der Waals surface area contributed by atoms with Gasteiger partial charge in [-0.3, -0.25) is 0 Å². The summed E-state index contributed by atoms with van der Waals surface area (Å²) >= 11 is 0. The molecule has 1 aromatic heterocycles. The standard InChI is InChI=1S/C11H18N2O2/c1-3-10(8-14)12-6-9-4-5-11(15-2)13-7-9/h4-5,7,10,12,14H,3,6,8H2,1-2H3/t10-/m0/s1. The fraction of sp³-hybridized carbons (Fsp3) is 0.545. The zero-order valence-corrected chi connectivity index (χ0v) is 9.23. The molecule has 0 aliphatic carbocycles. The SMILES string of the molecule is CC[C@@H](CO)NCc1ccc(OC)nc1. The summed E-state index contributed by atoms with van der Waals surface area (Å²) < 4.78 is 4.97. The first-order chi connectivity index (χ1) is 7.30. The van der Waals surface area contributed by atoms with Crippen molar-refractivity contribution in [3.8, 4) is 5.88 Å². The van der Waals surface area contributed by atoms with Crippen molar-refractivity contribution in [1.82, 2.24) is 10.3 Å². The van der Waals surface area contributed by atoms with E-state index in [0.29, 0.717) is 5.88 Å². The number of pyridine rings is 1. The van der Waals surface area contributed by atoms with E-state index in [4.69, 9.17) is 9.84 Å². The monoisotopic (exact) mass is 210 g/mol. The summed E-state index contributed by atoms with van der Waals surface area (Å²) in [4.78, 5) is 4.10. The molecule has 0 amide bonds. The quantitative estimate of drug-likeness (QED) is 0.734. The summed E-state index contributed by atoms with van der Waals surface area (Å²) in [6.07, 6.45) is 2.69. The summed E-state index contributed by atoms with van der Waals surface area (Å²) in [7, 11) is 1.60. The Hall–Kier alpha value is -1.13. The molecule has 0 aliphatic heterocycles. The molecule has 1 rings (SSSR count). The van der Waals surface area contributed by atoms with Gasteiger partial charge in [-0.05, 0) is 12.0 Å². The van der Waals surface area contributed by atoms with Gasteiger partial charge in [0.25, 0.3) is 0 Å². The number of aliphatic hydroxyl groups excluding tert-OH is 1. The Bertz CT molecular complexity index is 270. The van der Waals surface area contributed by atoms with Gasteiger partial charge in [0, 0.05) is 24.8 Å². The van der Waals surface area contributed by atoms with Gasteiger partial charge in [-0.1, -0.05) is 13.0 Å². The smallest absolute Gasteiger partial charge is 0.212 e. The van der Waals surface area contributed by atoms with Crippen molar-refractivity contribution in [2.24, 2.45) is 0 Å². The first-order valence-corrected chi connectivity index (χ1v) is 5.13. The van der Waals surface area contributed by atoms with Crippen LogP contribution in [0.2, 0.25) is 0 Å². The average Bonchev–Trinajstić information content (AvgIpc) is 2.31. The zero-order chi connectivity index (χ0) is 11.1. The number of nitrogens with zero attached hydrogens (tertiary/aromatic N) is 1. The molecule has 0 unspecified atom stereocenters. The second kappa shape index (κ2) is 6.37. The second-order valence-corrected chi connectivity index (χ2v) is 3.38. The van der Waals surface area contributed by atoms with Gasteiger partial charge in [-0.2, -0.15) is 0 Å². The highest BCUT2D eigenvalue weighted by atomic mass is 16.5. The van der Waals surface area contributed by atoms with Crippen LogP contribution in [0.5, 0.6) is 5.88 Å². The first-order valence-electron chi connectivity index (χ1n) is 5.13. The summed E-state index contributed by atoms with van der Waals surface area (Å²) in [6, 6.07) is 3.95. The lowest BCUT2D eigenvalue weighted by molar-refractivity contribution is 0.238. The molecule has 0 aromatic carbocycles. The molecule has 0 radical (unpaired) electrons. The van der Waals surface area contributed by atoms with E-state index in [0.717, 1.165) is 18.5 Å². The molecule has 0 bridgehead atoms. The van der Waals surface area contributed by atoms with Crippen LogP contribution in [0.1, 0.15) is 18.9 Å². The maximum atomic E-state index is 8.99. The van der Waals surface area contributed by atoms with Crippen LogP contribution in [0.25, 0.3) is 0 Å². The highest BCUT2D eigenvalue weighted by Crippen LogP contribution is 2.06. The van der Waals surface area contributed by atoms with Gasteiger partial charge < -0.3 is 15.2 Å². The molecule has 0 spiro atoms. The van der Waals surface area contributed by atoms with Crippen LogP contribution in [-0.2, 0) is 6.54 Å². The maximum absolute atomic E-state index is 8.99. The minimum atomic E-state index is 0.159. The molecule has 2 N–H and O–H groups in total. The number of aromatic nitrogens is 1. The van der Waals surface area contributed by atoms with Gasteiger partial charge >= 0.3 is 0 Å². The summed E-state index contributed by atoms with van der Waals surface area (Å²) in [6.45, 7) is 2.93. The van der Waals surface area contributed by atoms with Crippen LogP contribution in [0.15, 0.2) is 18.3 Å². The Kier molecular flexibility index (Phi) is 5.07. The number of rotatable bonds is 6. The molecular formula is C11H18N2O2. The van der Waals surface area contributed by atoms with Crippen molar-refractivity contribution >= 4 is 0 Å². The molecule has 1 heterocycles. The number of nitrogens with one attached hydrogen (secondary N) is 1. The van der Waals surface area contributed by atoms with Crippen molar-refractivity contribution in [2.75, 3.05) is 13.7 Å². The van der Waals surface area contributed by atoms with E-state index in [2.05, 4.69) is 10.3 Å². The molecule has 4 nitrogen and oxygen atoms in total. The number of hydrogen-bond donors (Lipinski definition) is 2. The predicted octanol–water partition coefficient (Wildman–Crippen LogP) is 0.951. The van der Waals surface area contributed by atoms with Crippen molar-refractivity contribution in [2.45, 2.75) is 25.9 Å². The topological polar surface area (TPSA) is 54.4 Å². The van der Waals surface area contributed by atoms with Gasteiger partial charge in [0.2, 0.25) is 5.88 Å². The summed E-state index contributed by atoms with van der Waals surface area (Å²) in [5.41, 5.74) is 1.09.